The van der Waals surface area contributed by atoms with Gasteiger partial charge in [0.25, 0.3) is 11.7 Å². The molecule has 3 aromatic rings. The Kier molecular flexibility index (Phi) is 5.34. The topological polar surface area (TPSA) is 66.8 Å². The molecular weight excluding hydrogens is 390 g/mol. The van der Waals surface area contributed by atoms with Gasteiger partial charge in [-0.25, -0.2) is 0 Å². The van der Waals surface area contributed by atoms with Crippen molar-refractivity contribution in [3.63, 3.8) is 0 Å². The molecule has 1 aliphatic rings. The maximum Gasteiger partial charge on any atom is 0.300 e. The van der Waals surface area contributed by atoms with Gasteiger partial charge in [-0.3, -0.25) is 14.5 Å². The van der Waals surface area contributed by atoms with Crippen molar-refractivity contribution in [2.75, 3.05) is 12.0 Å². The summed E-state index contributed by atoms with van der Waals surface area (Å²) >= 11 is 0. The molecular formula is C26H23NO4. The van der Waals surface area contributed by atoms with E-state index < -0.39 is 17.7 Å². The van der Waals surface area contributed by atoms with Gasteiger partial charge in [0.2, 0.25) is 0 Å². The largest absolute Gasteiger partial charge is 0.507 e. The van der Waals surface area contributed by atoms with Crippen LogP contribution in [0, 0.1) is 13.8 Å². The zero-order valence-corrected chi connectivity index (χ0v) is 17.6. The van der Waals surface area contributed by atoms with Crippen molar-refractivity contribution in [2.24, 2.45) is 0 Å². The number of hydrogen-bond donors (Lipinski definition) is 1. The molecule has 1 unspecified atom stereocenters. The first-order valence-corrected chi connectivity index (χ1v) is 10.00. The zero-order chi connectivity index (χ0) is 22.1. The van der Waals surface area contributed by atoms with Crippen LogP contribution in [0.2, 0.25) is 0 Å². The third-order valence-electron chi connectivity index (χ3n) is 5.58. The highest BCUT2D eigenvalue weighted by Gasteiger charge is 2.47. The van der Waals surface area contributed by atoms with Crippen LogP contribution < -0.4 is 9.64 Å². The van der Waals surface area contributed by atoms with E-state index in [0.29, 0.717) is 17.0 Å². The molecule has 1 aliphatic heterocycles. The Hall–Kier alpha value is -3.86. The Morgan fingerprint density at radius 3 is 2.32 bits per heavy atom. The molecule has 5 heteroatoms. The maximum atomic E-state index is 13.2. The fourth-order valence-corrected chi connectivity index (χ4v) is 3.91. The maximum absolute atomic E-state index is 13.2. The van der Waals surface area contributed by atoms with Gasteiger partial charge in [0.1, 0.15) is 11.5 Å². The first kappa shape index (κ1) is 20.4. The van der Waals surface area contributed by atoms with E-state index in [-0.39, 0.29) is 11.3 Å². The number of aliphatic hydroxyl groups is 1. The molecule has 1 saturated heterocycles. The van der Waals surface area contributed by atoms with Crippen molar-refractivity contribution in [3.05, 3.63) is 101 Å². The zero-order valence-electron chi connectivity index (χ0n) is 17.6. The number of nitrogens with zero attached hydrogens (tertiary/aromatic N) is 1. The summed E-state index contributed by atoms with van der Waals surface area (Å²) in [5, 5.41) is 11.1. The Balaban J connectivity index is 1.97. The molecule has 1 fully saturated rings. The molecule has 0 aliphatic carbocycles. The number of rotatable bonds is 4. The van der Waals surface area contributed by atoms with Crippen LogP contribution in [-0.2, 0) is 9.59 Å². The molecule has 5 nitrogen and oxygen atoms in total. The van der Waals surface area contributed by atoms with Gasteiger partial charge >= 0.3 is 0 Å². The van der Waals surface area contributed by atoms with Crippen LogP contribution in [0.4, 0.5) is 5.69 Å². The standard InChI is InChI=1S/C26H23NO4/c1-16-11-13-18(14-12-16)24(28)22-23(21-10-5-4-7-17(21)2)27(26(30)25(22)29)19-8-6-9-20(15-19)31-3/h4-15,23,28H,1-3H3/b24-22+. The van der Waals surface area contributed by atoms with Gasteiger partial charge in [0.05, 0.1) is 18.7 Å². The van der Waals surface area contributed by atoms with Crippen LogP contribution in [0.25, 0.3) is 5.76 Å². The predicted octanol–water partition coefficient (Wildman–Crippen LogP) is 4.94. The molecule has 156 valence electrons. The van der Waals surface area contributed by atoms with Crippen LogP contribution in [-0.4, -0.2) is 23.9 Å². The van der Waals surface area contributed by atoms with Crippen molar-refractivity contribution in [2.45, 2.75) is 19.9 Å². The van der Waals surface area contributed by atoms with E-state index in [4.69, 9.17) is 4.74 Å². The number of methoxy groups -OCH3 is 1. The van der Waals surface area contributed by atoms with Gasteiger partial charge in [-0.05, 0) is 37.1 Å². The summed E-state index contributed by atoms with van der Waals surface area (Å²) in [5.41, 5.74) is 3.82. The van der Waals surface area contributed by atoms with Gasteiger partial charge in [-0.1, -0.05) is 60.2 Å². The lowest BCUT2D eigenvalue weighted by atomic mass is 9.92. The number of aliphatic hydroxyl groups excluding tert-OH is 1. The quantitative estimate of drug-likeness (QED) is 0.374. The van der Waals surface area contributed by atoms with E-state index >= 15 is 0 Å². The number of Topliss-reactive ketones (excluding diaryl/α,β-unsaturated/α-hetero) is 1. The summed E-state index contributed by atoms with van der Waals surface area (Å²) in [5.74, 6) is -1.01. The van der Waals surface area contributed by atoms with Gasteiger partial charge in [-0.15, -0.1) is 0 Å². The van der Waals surface area contributed by atoms with E-state index in [1.165, 1.54) is 4.90 Å². The van der Waals surface area contributed by atoms with E-state index in [0.717, 1.165) is 16.7 Å². The second-order valence-corrected chi connectivity index (χ2v) is 7.59. The molecule has 1 heterocycles. The SMILES string of the molecule is COc1cccc(N2C(=O)C(=O)/C(=C(/O)c3ccc(C)cc3)C2c2ccccc2C)c1. The van der Waals surface area contributed by atoms with Gasteiger partial charge < -0.3 is 9.84 Å². The van der Waals surface area contributed by atoms with Gasteiger partial charge in [-0.2, -0.15) is 0 Å². The fourth-order valence-electron chi connectivity index (χ4n) is 3.91. The van der Waals surface area contributed by atoms with E-state index in [1.807, 2.05) is 50.2 Å². The van der Waals surface area contributed by atoms with Crippen molar-refractivity contribution in [1.29, 1.82) is 0 Å². The van der Waals surface area contributed by atoms with E-state index in [1.54, 1.807) is 43.5 Å². The predicted molar refractivity (Wildman–Crippen MR) is 120 cm³/mol. The van der Waals surface area contributed by atoms with Crippen molar-refractivity contribution >= 4 is 23.1 Å². The highest BCUT2D eigenvalue weighted by atomic mass is 16.5. The number of hydrogen-bond acceptors (Lipinski definition) is 4. The Labute approximate surface area is 181 Å². The van der Waals surface area contributed by atoms with Crippen LogP contribution in [0.1, 0.15) is 28.3 Å². The molecule has 1 N–H and O–H groups in total. The molecule has 0 radical (unpaired) electrons. The van der Waals surface area contributed by atoms with Crippen LogP contribution >= 0.6 is 0 Å². The minimum absolute atomic E-state index is 0.0750. The number of aryl methyl sites for hydroxylation is 2. The number of benzene rings is 3. The lowest BCUT2D eigenvalue weighted by molar-refractivity contribution is -0.132. The highest BCUT2D eigenvalue weighted by molar-refractivity contribution is 6.51. The smallest absolute Gasteiger partial charge is 0.300 e. The first-order chi connectivity index (χ1) is 14.9. The number of anilines is 1. The third kappa shape index (κ3) is 3.59. The Bertz CT molecular complexity index is 1190. The second kappa shape index (κ2) is 8.11. The lowest BCUT2D eigenvalue weighted by Gasteiger charge is -2.27. The van der Waals surface area contributed by atoms with Crippen LogP contribution in [0.5, 0.6) is 5.75 Å². The first-order valence-electron chi connectivity index (χ1n) is 10.00. The average Bonchev–Trinajstić information content (AvgIpc) is 3.04. The summed E-state index contributed by atoms with van der Waals surface area (Å²) in [7, 11) is 1.55. The fraction of sp³-hybridized carbons (Fsp3) is 0.154. The number of amides is 1. The number of ketones is 1. The minimum Gasteiger partial charge on any atom is -0.507 e. The van der Waals surface area contributed by atoms with Gasteiger partial charge in [0, 0.05) is 17.3 Å². The average molecular weight is 413 g/mol. The Morgan fingerprint density at radius 1 is 0.935 bits per heavy atom. The van der Waals surface area contributed by atoms with Crippen molar-refractivity contribution in [1.82, 2.24) is 0 Å². The normalized spacial score (nSPS) is 17.8. The summed E-state index contributed by atoms with van der Waals surface area (Å²) < 4.78 is 5.31. The molecule has 0 aromatic heterocycles. The number of carbonyl (C=O) groups is 2. The Morgan fingerprint density at radius 2 is 1.65 bits per heavy atom. The number of ether oxygens (including phenoxy) is 1. The van der Waals surface area contributed by atoms with Gasteiger partial charge in [0.15, 0.2) is 0 Å². The van der Waals surface area contributed by atoms with Crippen LogP contribution in [0.15, 0.2) is 78.4 Å². The summed E-state index contributed by atoms with van der Waals surface area (Å²) in [6.07, 6.45) is 0. The molecule has 0 spiro atoms. The molecule has 31 heavy (non-hydrogen) atoms. The lowest BCUT2D eigenvalue weighted by Crippen LogP contribution is -2.29. The molecule has 0 bridgehead atoms. The molecule has 4 rings (SSSR count). The van der Waals surface area contributed by atoms with Crippen molar-refractivity contribution in [3.8, 4) is 5.75 Å². The van der Waals surface area contributed by atoms with Crippen LogP contribution in [0.3, 0.4) is 0 Å². The summed E-state index contributed by atoms with van der Waals surface area (Å²) in [6, 6.07) is 21.0. The van der Waals surface area contributed by atoms with E-state index in [9.17, 15) is 14.7 Å². The van der Waals surface area contributed by atoms with Crippen molar-refractivity contribution < 1.29 is 19.4 Å². The van der Waals surface area contributed by atoms with E-state index in [2.05, 4.69) is 0 Å². The molecule has 0 saturated carbocycles. The molecule has 1 atom stereocenters. The molecule has 1 amide bonds. The third-order valence-corrected chi connectivity index (χ3v) is 5.58. The summed E-state index contributed by atoms with van der Waals surface area (Å²) in [6.45, 7) is 3.87. The highest BCUT2D eigenvalue weighted by Crippen LogP contribution is 2.43. The number of carbonyl (C=O) groups excluding carboxylic acids is 2. The monoisotopic (exact) mass is 413 g/mol. The second-order valence-electron chi connectivity index (χ2n) is 7.59. The molecule has 3 aromatic carbocycles. The minimum atomic E-state index is -0.755. The summed E-state index contributed by atoms with van der Waals surface area (Å²) in [4.78, 5) is 27.8.